The molecule has 0 spiro atoms. The van der Waals surface area contributed by atoms with Crippen LogP contribution in [0.25, 0.3) is 11.1 Å². The van der Waals surface area contributed by atoms with Crippen LogP contribution in [-0.4, -0.2) is 62.3 Å². The first kappa shape index (κ1) is 42.4. The van der Waals surface area contributed by atoms with Gasteiger partial charge in [-0.1, -0.05) is 166 Å². The van der Waals surface area contributed by atoms with E-state index in [1.807, 2.05) is 0 Å². The van der Waals surface area contributed by atoms with Gasteiger partial charge in [-0.2, -0.15) is 0 Å². The first-order chi connectivity index (χ1) is 23.7. The molecule has 0 fully saturated rings. The monoisotopic (exact) mass is 665 g/mol. The molecule has 0 aliphatic carbocycles. The van der Waals surface area contributed by atoms with Crippen LogP contribution in [0.15, 0.2) is 48.5 Å². The zero-order chi connectivity index (χ0) is 34.3. The highest BCUT2D eigenvalue weighted by Crippen LogP contribution is 2.28. The van der Waals surface area contributed by atoms with Gasteiger partial charge in [-0.15, -0.1) is 0 Å². The van der Waals surface area contributed by atoms with Crippen molar-refractivity contribution >= 4 is 0 Å². The second-order valence-corrected chi connectivity index (χ2v) is 14.1. The molecule has 4 heteroatoms. The minimum absolute atomic E-state index is 0.650. The Morgan fingerprint density at radius 2 is 0.688 bits per heavy atom. The summed E-state index contributed by atoms with van der Waals surface area (Å²) >= 11 is 0. The molecule has 0 unspecified atom stereocenters. The molecule has 0 N–H and O–H groups in total. The third kappa shape index (κ3) is 20.1. The number of hydrogen-bond donors (Lipinski definition) is 0. The van der Waals surface area contributed by atoms with E-state index in [-0.39, 0.29) is 0 Å². The molecule has 0 heterocycles. The molecular weight excluding hydrogens is 588 g/mol. The highest BCUT2D eigenvalue weighted by molar-refractivity contribution is 5.70. The van der Waals surface area contributed by atoms with Crippen molar-refractivity contribution in [2.75, 3.05) is 52.5 Å². The number of unbranched alkanes of at least 4 members (excludes halogenated alkanes) is 14. The Morgan fingerprint density at radius 1 is 0.375 bits per heavy atom. The van der Waals surface area contributed by atoms with Crippen molar-refractivity contribution in [3.63, 3.8) is 0 Å². The van der Waals surface area contributed by atoms with Gasteiger partial charge in [0.25, 0.3) is 0 Å². The maximum atomic E-state index is 6.37. The summed E-state index contributed by atoms with van der Waals surface area (Å²) in [6.07, 6.45) is 24.0. The second-order valence-electron chi connectivity index (χ2n) is 14.1. The zero-order valence-electron chi connectivity index (χ0n) is 32.1. The largest absolute Gasteiger partial charge is 0.375 e. The van der Waals surface area contributed by atoms with Crippen molar-refractivity contribution in [1.82, 2.24) is 9.80 Å². The van der Waals surface area contributed by atoms with E-state index in [4.69, 9.17) is 9.47 Å². The second kappa shape index (κ2) is 30.1. The van der Waals surface area contributed by atoms with E-state index in [0.717, 1.165) is 26.3 Å². The van der Waals surface area contributed by atoms with E-state index in [0.29, 0.717) is 13.2 Å². The van der Waals surface area contributed by atoms with E-state index in [1.54, 1.807) is 0 Å². The van der Waals surface area contributed by atoms with Gasteiger partial charge in [0.1, 0.15) is 0 Å². The fraction of sp³-hybridized carbons (Fsp3) is 0.727. The molecule has 0 bridgehead atoms. The summed E-state index contributed by atoms with van der Waals surface area (Å²) in [6.45, 7) is 18.9. The quantitative estimate of drug-likeness (QED) is 0.0709. The summed E-state index contributed by atoms with van der Waals surface area (Å²) in [5.74, 6) is 0. The summed E-state index contributed by atoms with van der Waals surface area (Å²) in [6, 6.07) is 17.6. The van der Waals surface area contributed by atoms with Crippen LogP contribution in [0.3, 0.4) is 0 Å². The highest BCUT2D eigenvalue weighted by atomic mass is 16.5. The molecule has 2 aromatic carbocycles. The number of benzene rings is 2. The number of rotatable bonds is 33. The van der Waals surface area contributed by atoms with Gasteiger partial charge in [-0.25, -0.2) is 0 Å². The van der Waals surface area contributed by atoms with Crippen molar-refractivity contribution < 1.29 is 9.47 Å². The summed E-state index contributed by atoms with van der Waals surface area (Å²) in [5, 5.41) is 0. The third-order valence-corrected chi connectivity index (χ3v) is 9.76. The van der Waals surface area contributed by atoms with Gasteiger partial charge in [0, 0.05) is 13.1 Å². The van der Waals surface area contributed by atoms with E-state index in [9.17, 15) is 0 Å². The average Bonchev–Trinajstić information content (AvgIpc) is 3.11. The van der Waals surface area contributed by atoms with Crippen LogP contribution < -0.4 is 0 Å². The first-order valence-corrected chi connectivity index (χ1v) is 20.5. The van der Waals surface area contributed by atoms with Gasteiger partial charge >= 0.3 is 0 Å². The van der Waals surface area contributed by atoms with Crippen LogP contribution in [0.1, 0.15) is 154 Å². The van der Waals surface area contributed by atoms with Crippen molar-refractivity contribution in [1.29, 1.82) is 0 Å². The van der Waals surface area contributed by atoms with Crippen LogP contribution >= 0.6 is 0 Å². The van der Waals surface area contributed by atoms with Gasteiger partial charge < -0.3 is 19.3 Å². The van der Waals surface area contributed by atoms with E-state index < -0.39 is 0 Å². The van der Waals surface area contributed by atoms with Gasteiger partial charge in [-0.05, 0) is 74.1 Å². The van der Waals surface area contributed by atoms with Gasteiger partial charge in [-0.3, -0.25) is 0 Å². The van der Waals surface area contributed by atoms with Crippen LogP contribution in [0.5, 0.6) is 0 Å². The van der Waals surface area contributed by atoms with Crippen molar-refractivity contribution in [2.45, 2.75) is 156 Å². The minimum atomic E-state index is 0.650. The Kier molecular flexibility index (Phi) is 26.6. The molecule has 4 nitrogen and oxygen atoms in total. The molecule has 2 rings (SSSR count). The fourth-order valence-corrected chi connectivity index (χ4v) is 6.64. The summed E-state index contributed by atoms with van der Waals surface area (Å²) < 4.78 is 12.7. The molecule has 2 aromatic rings. The predicted octanol–water partition coefficient (Wildman–Crippen LogP) is 12.1. The Labute approximate surface area is 298 Å². The van der Waals surface area contributed by atoms with Crippen LogP contribution in [-0.2, 0) is 22.7 Å². The lowest BCUT2D eigenvalue weighted by Gasteiger charge is -2.23. The molecule has 274 valence electrons. The normalized spacial score (nSPS) is 11.7. The van der Waals surface area contributed by atoms with E-state index in [2.05, 4.69) is 86.0 Å². The van der Waals surface area contributed by atoms with Gasteiger partial charge in [0.2, 0.25) is 0 Å². The summed E-state index contributed by atoms with van der Waals surface area (Å²) in [5.41, 5.74) is 5.07. The van der Waals surface area contributed by atoms with Crippen molar-refractivity contribution in [2.24, 2.45) is 0 Å². The molecule has 0 aliphatic rings. The molecule has 0 atom stereocenters. The Bertz CT molecular complexity index is 916. The molecule has 0 amide bonds. The Hall–Kier alpha value is -1.72. The minimum Gasteiger partial charge on any atom is -0.375 e. The third-order valence-electron chi connectivity index (χ3n) is 9.76. The molecule has 48 heavy (non-hydrogen) atoms. The molecule has 0 saturated carbocycles. The maximum absolute atomic E-state index is 6.37. The van der Waals surface area contributed by atoms with Crippen LogP contribution in [0.2, 0.25) is 0 Å². The molecular formula is C44H76N2O2. The van der Waals surface area contributed by atoms with E-state index >= 15 is 0 Å². The van der Waals surface area contributed by atoms with E-state index in [1.165, 1.54) is 164 Å². The number of hydrogen-bond acceptors (Lipinski definition) is 4. The smallest absolute Gasteiger partial charge is 0.0723 e. The summed E-state index contributed by atoms with van der Waals surface area (Å²) in [7, 11) is 0. The molecule has 0 aromatic heterocycles. The SMILES string of the molecule is CCCCCCCN(CCCCCC)CCOCc1ccccc1-c1ccccc1COCCN(CCCCCC)CCCCCCC. The Morgan fingerprint density at radius 3 is 1.04 bits per heavy atom. The first-order valence-electron chi connectivity index (χ1n) is 20.5. The topological polar surface area (TPSA) is 24.9 Å². The van der Waals surface area contributed by atoms with Crippen LogP contribution in [0, 0.1) is 0 Å². The van der Waals surface area contributed by atoms with Gasteiger partial charge in [0.15, 0.2) is 0 Å². The van der Waals surface area contributed by atoms with Crippen molar-refractivity contribution in [3.05, 3.63) is 59.7 Å². The zero-order valence-corrected chi connectivity index (χ0v) is 32.1. The number of nitrogens with zero attached hydrogens (tertiary/aromatic N) is 2. The van der Waals surface area contributed by atoms with Crippen LogP contribution in [0.4, 0.5) is 0 Å². The van der Waals surface area contributed by atoms with Crippen molar-refractivity contribution in [3.8, 4) is 11.1 Å². The average molecular weight is 665 g/mol. The molecule has 0 radical (unpaired) electrons. The summed E-state index contributed by atoms with van der Waals surface area (Å²) in [4.78, 5) is 5.30. The highest BCUT2D eigenvalue weighted by Gasteiger charge is 2.12. The standard InChI is InChI=1S/C44H76N2O2/c1-5-9-13-17-25-33-45(31-23-15-11-7-3)35-37-47-39-41-27-19-21-29-43(41)44-30-22-20-28-42(44)40-48-38-36-46(32-24-16-12-8-4)34-26-18-14-10-6-2/h19-22,27-30H,5-18,23-26,31-40H2,1-4H3. The fourth-order valence-electron chi connectivity index (χ4n) is 6.64. The predicted molar refractivity (Wildman–Crippen MR) is 210 cm³/mol. The Balaban J connectivity index is 1.90. The number of ether oxygens (including phenoxy) is 2. The van der Waals surface area contributed by atoms with Gasteiger partial charge in [0.05, 0.1) is 26.4 Å². The lowest BCUT2D eigenvalue weighted by molar-refractivity contribution is 0.0906. The lowest BCUT2D eigenvalue weighted by Crippen LogP contribution is -2.30. The molecule has 0 saturated heterocycles. The maximum Gasteiger partial charge on any atom is 0.0723 e. The lowest BCUT2D eigenvalue weighted by atomic mass is 9.96. The molecule has 0 aliphatic heterocycles.